The van der Waals surface area contributed by atoms with Crippen molar-refractivity contribution in [1.82, 2.24) is 15.3 Å². The second kappa shape index (κ2) is 6.97. The van der Waals surface area contributed by atoms with Gasteiger partial charge in [-0.05, 0) is 18.8 Å². The van der Waals surface area contributed by atoms with Gasteiger partial charge in [0.1, 0.15) is 5.03 Å². The van der Waals surface area contributed by atoms with Gasteiger partial charge >= 0.3 is 0 Å². The quantitative estimate of drug-likeness (QED) is 0.645. The third-order valence-electron chi connectivity index (χ3n) is 3.26. The lowest BCUT2D eigenvalue weighted by Gasteiger charge is -2.27. The van der Waals surface area contributed by atoms with Crippen LogP contribution in [0.1, 0.15) is 32.6 Å². The Morgan fingerprint density at radius 3 is 3.12 bits per heavy atom. The molecule has 4 heteroatoms. The Morgan fingerprint density at radius 2 is 2.35 bits per heavy atom. The smallest absolute Gasteiger partial charge is 0.114 e. The van der Waals surface area contributed by atoms with Crippen LogP contribution in [0.5, 0.6) is 0 Å². The predicted molar refractivity (Wildman–Crippen MR) is 72.2 cm³/mol. The maximum atomic E-state index is 4.25. The van der Waals surface area contributed by atoms with E-state index in [1.807, 2.05) is 6.20 Å². The van der Waals surface area contributed by atoms with Crippen molar-refractivity contribution in [2.45, 2.75) is 43.7 Å². The molecule has 0 radical (unpaired) electrons. The molecule has 0 spiro atoms. The van der Waals surface area contributed by atoms with E-state index >= 15 is 0 Å². The molecule has 1 fully saturated rings. The minimum absolute atomic E-state index is 0.737. The molecule has 0 saturated heterocycles. The molecule has 17 heavy (non-hydrogen) atoms. The van der Waals surface area contributed by atoms with E-state index in [1.165, 1.54) is 25.7 Å². The van der Waals surface area contributed by atoms with Gasteiger partial charge in [0, 0.05) is 30.7 Å². The van der Waals surface area contributed by atoms with Gasteiger partial charge in [0.15, 0.2) is 0 Å². The summed E-state index contributed by atoms with van der Waals surface area (Å²) in [5, 5.41) is 4.67. The fourth-order valence-electron chi connectivity index (χ4n) is 2.40. The summed E-state index contributed by atoms with van der Waals surface area (Å²) in [7, 11) is 0. The summed E-state index contributed by atoms with van der Waals surface area (Å²) in [6.07, 6.45) is 10.8. The molecule has 0 bridgehead atoms. The second-order valence-corrected chi connectivity index (χ2v) is 5.93. The molecule has 0 amide bonds. The Balaban J connectivity index is 1.60. The molecule has 1 aromatic heterocycles. The van der Waals surface area contributed by atoms with Crippen molar-refractivity contribution in [2.24, 2.45) is 5.92 Å². The van der Waals surface area contributed by atoms with E-state index in [0.717, 1.165) is 29.3 Å². The van der Waals surface area contributed by atoms with Crippen molar-refractivity contribution in [3.63, 3.8) is 0 Å². The van der Waals surface area contributed by atoms with Gasteiger partial charge in [-0.15, -0.1) is 11.8 Å². The highest BCUT2D eigenvalue weighted by Crippen LogP contribution is 2.23. The van der Waals surface area contributed by atoms with E-state index < -0.39 is 0 Å². The zero-order valence-electron chi connectivity index (χ0n) is 10.4. The fraction of sp³-hybridized carbons (Fsp3) is 0.692. The Labute approximate surface area is 108 Å². The molecule has 2 rings (SSSR count). The number of hydrogen-bond donors (Lipinski definition) is 1. The van der Waals surface area contributed by atoms with Gasteiger partial charge < -0.3 is 5.32 Å². The largest absolute Gasteiger partial charge is 0.313 e. The first-order valence-corrected chi connectivity index (χ1v) is 7.45. The van der Waals surface area contributed by atoms with E-state index in [-0.39, 0.29) is 0 Å². The normalized spacial score (nSPS) is 24.8. The second-order valence-electron chi connectivity index (χ2n) is 4.81. The summed E-state index contributed by atoms with van der Waals surface area (Å²) in [6.45, 7) is 3.43. The molecule has 3 nitrogen and oxygen atoms in total. The summed E-state index contributed by atoms with van der Waals surface area (Å²) in [5.74, 6) is 1.97. The average Bonchev–Trinajstić information content (AvgIpc) is 2.36. The first-order valence-electron chi connectivity index (χ1n) is 6.47. The fourth-order valence-corrected chi connectivity index (χ4v) is 3.10. The maximum absolute atomic E-state index is 4.25. The van der Waals surface area contributed by atoms with Crippen molar-refractivity contribution in [3.8, 4) is 0 Å². The van der Waals surface area contributed by atoms with Gasteiger partial charge in [0.2, 0.25) is 0 Å². The van der Waals surface area contributed by atoms with Crippen LogP contribution >= 0.6 is 11.8 Å². The van der Waals surface area contributed by atoms with E-state index in [0.29, 0.717) is 0 Å². The molecule has 1 N–H and O–H groups in total. The molecular formula is C13H21N3S. The zero-order valence-corrected chi connectivity index (χ0v) is 11.2. The van der Waals surface area contributed by atoms with Crippen molar-refractivity contribution in [3.05, 3.63) is 18.6 Å². The molecule has 2 atom stereocenters. The number of thioether (sulfide) groups is 1. The third-order valence-corrected chi connectivity index (χ3v) is 4.18. The lowest BCUT2D eigenvalue weighted by Crippen LogP contribution is -2.34. The number of nitrogens with zero attached hydrogens (tertiary/aromatic N) is 2. The van der Waals surface area contributed by atoms with Crippen LogP contribution in [0.4, 0.5) is 0 Å². The lowest BCUT2D eigenvalue weighted by atomic mass is 9.87. The highest BCUT2D eigenvalue weighted by Gasteiger charge is 2.17. The van der Waals surface area contributed by atoms with E-state index in [2.05, 4.69) is 22.2 Å². The molecule has 1 heterocycles. The SMILES string of the molecule is CC1CCCC(NCCSc2cnccn2)C1. The Hall–Kier alpha value is -0.610. The highest BCUT2D eigenvalue weighted by atomic mass is 32.2. The summed E-state index contributed by atoms with van der Waals surface area (Å²) < 4.78 is 0. The monoisotopic (exact) mass is 251 g/mol. The van der Waals surface area contributed by atoms with Crippen LogP contribution in [0.25, 0.3) is 0 Å². The summed E-state index contributed by atoms with van der Waals surface area (Å²) in [4.78, 5) is 8.31. The van der Waals surface area contributed by atoms with Gasteiger partial charge in [0.05, 0.1) is 6.20 Å². The van der Waals surface area contributed by atoms with Crippen LogP contribution in [0.15, 0.2) is 23.6 Å². The van der Waals surface area contributed by atoms with Crippen LogP contribution in [-0.2, 0) is 0 Å². The molecule has 1 aliphatic rings. The minimum Gasteiger partial charge on any atom is -0.313 e. The van der Waals surface area contributed by atoms with Crippen LogP contribution in [0.3, 0.4) is 0 Å². The third kappa shape index (κ3) is 4.64. The van der Waals surface area contributed by atoms with E-state index in [1.54, 1.807) is 24.2 Å². The maximum Gasteiger partial charge on any atom is 0.114 e. The topological polar surface area (TPSA) is 37.8 Å². The standard InChI is InChI=1S/C13H21N3S/c1-11-3-2-4-12(9-11)15-7-8-17-13-10-14-5-6-16-13/h5-6,10-12,15H,2-4,7-9H2,1H3. The minimum atomic E-state index is 0.737. The Morgan fingerprint density at radius 1 is 1.41 bits per heavy atom. The molecule has 0 aliphatic heterocycles. The van der Waals surface area contributed by atoms with Gasteiger partial charge in [-0.1, -0.05) is 19.8 Å². The summed E-state index contributed by atoms with van der Waals surface area (Å²) >= 11 is 1.77. The van der Waals surface area contributed by atoms with Crippen LogP contribution < -0.4 is 5.32 Å². The van der Waals surface area contributed by atoms with Gasteiger partial charge in [-0.2, -0.15) is 0 Å². The molecule has 2 unspecified atom stereocenters. The summed E-state index contributed by atoms with van der Waals surface area (Å²) in [6, 6.07) is 0.737. The first kappa shape index (κ1) is 12.8. The number of nitrogens with one attached hydrogen (secondary N) is 1. The lowest BCUT2D eigenvalue weighted by molar-refractivity contribution is 0.306. The molecular weight excluding hydrogens is 230 g/mol. The Kier molecular flexibility index (Phi) is 5.26. The van der Waals surface area contributed by atoms with E-state index in [4.69, 9.17) is 0 Å². The molecule has 94 valence electrons. The summed E-state index contributed by atoms with van der Waals surface area (Å²) in [5.41, 5.74) is 0. The average molecular weight is 251 g/mol. The van der Waals surface area contributed by atoms with Gasteiger partial charge in [-0.25, -0.2) is 4.98 Å². The van der Waals surface area contributed by atoms with E-state index in [9.17, 15) is 0 Å². The van der Waals surface area contributed by atoms with Crippen LogP contribution in [0, 0.1) is 5.92 Å². The number of rotatable bonds is 5. The van der Waals surface area contributed by atoms with Crippen LogP contribution in [0.2, 0.25) is 0 Å². The van der Waals surface area contributed by atoms with Crippen molar-refractivity contribution in [2.75, 3.05) is 12.3 Å². The molecule has 0 aromatic carbocycles. The van der Waals surface area contributed by atoms with Crippen molar-refractivity contribution >= 4 is 11.8 Å². The van der Waals surface area contributed by atoms with Crippen LogP contribution in [-0.4, -0.2) is 28.3 Å². The van der Waals surface area contributed by atoms with Gasteiger partial charge in [0.25, 0.3) is 0 Å². The van der Waals surface area contributed by atoms with Crippen molar-refractivity contribution in [1.29, 1.82) is 0 Å². The molecule has 1 aliphatic carbocycles. The number of hydrogen-bond acceptors (Lipinski definition) is 4. The molecule has 1 saturated carbocycles. The Bertz CT molecular complexity index is 318. The first-order chi connectivity index (χ1) is 8.34. The number of aromatic nitrogens is 2. The molecule has 1 aromatic rings. The predicted octanol–water partition coefficient (Wildman–Crippen LogP) is 2.74. The van der Waals surface area contributed by atoms with Crippen molar-refractivity contribution < 1.29 is 0 Å². The highest BCUT2D eigenvalue weighted by molar-refractivity contribution is 7.99. The zero-order chi connectivity index (χ0) is 11.9. The van der Waals surface area contributed by atoms with Gasteiger partial charge in [-0.3, -0.25) is 4.98 Å².